The summed E-state index contributed by atoms with van der Waals surface area (Å²) in [5.74, 6) is -1.15. The number of carbonyl (C=O) groups excluding carboxylic acids is 4. The van der Waals surface area contributed by atoms with Crippen molar-refractivity contribution >= 4 is 29.3 Å². The molecule has 39 heavy (non-hydrogen) atoms. The highest BCUT2D eigenvalue weighted by atomic mass is 16.2. The Bertz CT molecular complexity index is 1410. The highest BCUT2D eigenvalue weighted by Crippen LogP contribution is 2.29. The Hall–Kier alpha value is -4.77. The fourth-order valence-electron chi connectivity index (χ4n) is 4.65. The molecule has 0 fully saturated rings. The maximum Gasteiger partial charge on any atom is 0.260 e. The Morgan fingerprint density at radius 3 is 2.36 bits per heavy atom. The van der Waals surface area contributed by atoms with Crippen molar-refractivity contribution < 1.29 is 19.2 Å². The Kier molecular flexibility index (Phi) is 8.85. The van der Waals surface area contributed by atoms with Crippen LogP contribution in [-0.2, 0) is 22.4 Å². The van der Waals surface area contributed by atoms with Crippen LogP contribution in [-0.4, -0.2) is 48.2 Å². The Labute approximate surface area is 227 Å². The van der Waals surface area contributed by atoms with Gasteiger partial charge >= 0.3 is 0 Å². The number of amides is 4. The van der Waals surface area contributed by atoms with Crippen molar-refractivity contribution in [1.82, 2.24) is 10.2 Å². The van der Waals surface area contributed by atoms with Crippen LogP contribution in [0.2, 0.25) is 0 Å². The first-order chi connectivity index (χ1) is 18.9. The SMILES string of the molecule is CC(=O)NCCN(C(=O)c1ccccc1)C(=O)c1ccc2c(c1)CCCN2C(=O)CCc1ccc(C#N)cc1. The van der Waals surface area contributed by atoms with E-state index in [1.54, 1.807) is 65.6 Å². The van der Waals surface area contributed by atoms with Crippen molar-refractivity contribution in [3.63, 3.8) is 0 Å². The molecule has 0 bridgehead atoms. The molecule has 0 aliphatic carbocycles. The molecule has 0 aromatic heterocycles. The summed E-state index contributed by atoms with van der Waals surface area (Å²) in [6.45, 7) is 2.16. The van der Waals surface area contributed by atoms with Gasteiger partial charge in [-0.05, 0) is 72.9 Å². The number of nitrogens with zero attached hydrogens (tertiary/aromatic N) is 3. The van der Waals surface area contributed by atoms with E-state index >= 15 is 0 Å². The van der Waals surface area contributed by atoms with Crippen molar-refractivity contribution in [2.75, 3.05) is 24.5 Å². The number of imide groups is 1. The molecule has 0 unspecified atom stereocenters. The number of fused-ring (bicyclic) bond motifs is 1. The van der Waals surface area contributed by atoms with Gasteiger partial charge in [0.25, 0.3) is 11.8 Å². The highest BCUT2D eigenvalue weighted by Gasteiger charge is 2.27. The summed E-state index contributed by atoms with van der Waals surface area (Å²) in [4.78, 5) is 54.1. The zero-order valence-electron chi connectivity index (χ0n) is 21.9. The van der Waals surface area contributed by atoms with Gasteiger partial charge in [-0.15, -0.1) is 0 Å². The van der Waals surface area contributed by atoms with Gasteiger partial charge < -0.3 is 10.2 Å². The first-order valence-electron chi connectivity index (χ1n) is 13.0. The Balaban J connectivity index is 1.50. The number of benzene rings is 3. The van der Waals surface area contributed by atoms with Gasteiger partial charge in [-0.25, -0.2) is 0 Å². The third-order valence-electron chi connectivity index (χ3n) is 6.68. The van der Waals surface area contributed by atoms with Crippen LogP contribution < -0.4 is 10.2 Å². The summed E-state index contributed by atoms with van der Waals surface area (Å²) in [7, 11) is 0. The number of carbonyl (C=O) groups is 4. The van der Waals surface area contributed by atoms with Crippen LogP contribution in [0.3, 0.4) is 0 Å². The molecule has 1 N–H and O–H groups in total. The third-order valence-corrected chi connectivity index (χ3v) is 6.68. The quantitative estimate of drug-likeness (QED) is 0.452. The van der Waals surface area contributed by atoms with Gasteiger partial charge in [0, 0.05) is 49.8 Å². The van der Waals surface area contributed by atoms with E-state index in [-0.39, 0.29) is 24.9 Å². The molecule has 0 saturated carbocycles. The molecule has 1 aliphatic heterocycles. The van der Waals surface area contributed by atoms with Gasteiger partial charge in [-0.1, -0.05) is 30.3 Å². The highest BCUT2D eigenvalue weighted by molar-refractivity contribution is 6.10. The Morgan fingerprint density at radius 1 is 0.949 bits per heavy atom. The van der Waals surface area contributed by atoms with Crippen molar-refractivity contribution in [3.05, 3.63) is 101 Å². The topological polar surface area (TPSA) is 111 Å². The molecule has 0 radical (unpaired) electrons. The molecule has 1 aliphatic rings. The molecule has 0 atom stereocenters. The van der Waals surface area contributed by atoms with Crippen molar-refractivity contribution in [2.45, 2.75) is 32.6 Å². The fourth-order valence-corrected chi connectivity index (χ4v) is 4.65. The minimum atomic E-state index is -0.457. The van der Waals surface area contributed by atoms with Crippen LogP contribution in [0.5, 0.6) is 0 Å². The van der Waals surface area contributed by atoms with Crippen LogP contribution in [0.4, 0.5) is 5.69 Å². The summed E-state index contributed by atoms with van der Waals surface area (Å²) in [6, 6.07) is 23.1. The summed E-state index contributed by atoms with van der Waals surface area (Å²) in [5, 5.41) is 11.6. The van der Waals surface area contributed by atoms with Gasteiger partial charge in [-0.3, -0.25) is 24.1 Å². The molecule has 3 aromatic rings. The summed E-state index contributed by atoms with van der Waals surface area (Å²) in [6.07, 6.45) is 2.38. The van der Waals surface area contributed by atoms with E-state index in [4.69, 9.17) is 5.26 Å². The number of nitrogens with one attached hydrogen (secondary N) is 1. The molecule has 198 valence electrons. The fraction of sp³-hybridized carbons (Fsp3) is 0.258. The maximum atomic E-state index is 13.5. The van der Waals surface area contributed by atoms with Gasteiger partial charge in [0.1, 0.15) is 0 Å². The lowest BCUT2D eigenvalue weighted by molar-refractivity contribution is -0.119. The van der Waals surface area contributed by atoms with Gasteiger partial charge in [-0.2, -0.15) is 5.26 Å². The summed E-state index contributed by atoms with van der Waals surface area (Å²) < 4.78 is 0. The van der Waals surface area contributed by atoms with Crippen LogP contribution in [0.25, 0.3) is 0 Å². The summed E-state index contributed by atoms with van der Waals surface area (Å²) in [5.41, 5.74) is 3.97. The molecule has 8 heteroatoms. The predicted octanol–water partition coefficient (Wildman–Crippen LogP) is 3.89. The second kappa shape index (κ2) is 12.7. The lowest BCUT2D eigenvalue weighted by Gasteiger charge is -2.30. The third kappa shape index (κ3) is 6.76. The monoisotopic (exact) mass is 522 g/mol. The second-order valence-electron chi connectivity index (χ2n) is 9.41. The number of hydrogen-bond donors (Lipinski definition) is 1. The number of rotatable bonds is 8. The number of hydrogen-bond acceptors (Lipinski definition) is 5. The van der Waals surface area contributed by atoms with Crippen LogP contribution in [0.1, 0.15) is 57.2 Å². The predicted molar refractivity (Wildman–Crippen MR) is 147 cm³/mol. The number of anilines is 1. The minimum absolute atomic E-state index is 0.00410. The lowest BCUT2D eigenvalue weighted by atomic mass is 9.97. The van der Waals surface area contributed by atoms with E-state index < -0.39 is 11.8 Å². The molecule has 4 amide bonds. The first-order valence-corrected chi connectivity index (χ1v) is 13.0. The van der Waals surface area contributed by atoms with Crippen LogP contribution in [0, 0.1) is 11.3 Å². The standard InChI is InChI=1S/C31H30N4O4/c1-22(36)33-17-19-35(30(38)25-6-3-2-4-7-25)31(39)27-14-15-28-26(20-27)8-5-18-34(28)29(37)16-13-23-9-11-24(21-32)12-10-23/h2-4,6-7,9-12,14-15,20H,5,8,13,16-19H2,1H3,(H,33,36). The molecular formula is C31H30N4O4. The maximum absolute atomic E-state index is 13.5. The van der Waals surface area contributed by atoms with Gasteiger partial charge in [0.05, 0.1) is 11.6 Å². The zero-order chi connectivity index (χ0) is 27.8. The van der Waals surface area contributed by atoms with Crippen LogP contribution in [0.15, 0.2) is 72.8 Å². The first kappa shape index (κ1) is 27.3. The Morgan fingerprint density at radius 2 is 1.67 bits per heavy atom. The van der Waals surface area contributed by atoms with Crippen molar-refractivity contribution in [2.24, 2.45) is 0 Å². The van der Waals surface area contributed by atoms with E-state index in [1.807, 2.05) is 12.1 Å². The summed E-state index contributed by atoms with van der Waals surface area (Å²) >= 11 is 0. The van der Waals surface area contributed by atoms with Crippen LogP contribution >= 0.6 is 0 Å². The van der Waals surface area contributed by atoms with Crippen molar-refractivity contribution in [1.29, 1.82) is 5.26 Å². The largest absolute Gasteiger partial charge is 0.355 e. The molecule has 0 spiro atoms. The molecule has 0 saturated heterocycles. The molecule has 1 heterocycles. The van der Waals surface area contributed by atoms with E-state index in [0.717, 1.165) is 28.1 Å². The molecular weight excluding hydrogens is 492 g/mol. The molecule has 3 aromatic carbocycles. The number of nitriles is 1. The normalized spacial score (nSPS) is 12.2. The lowest BCUT2D eigenvalue weighted by Crippen LogP contribution is -2.42. The second-order valence-corrected chi connectivity index (χ2v) is 9.41. The average Bonchev–Trinajstić information content (AvgIpc) is 2.97. The van der Waals surface area contributed by atoms with E-state index in [2.05, 4.69) is 11.4 Å². The van der Waals surface area contributed by atoms with Gasteiger partial charge in [0.15, 0.2) is 0 Å². The zero-order valence-corrected chi connectivity index (χ0v) is 21.9. The van der Waals surface area contributed by atoms with E-state index in [1.165, 1.54) is 6.92 Å². The van der Waals surface area contributed by atoms with Crippen molar-refractivity contribution in [3.8, 4) is 6.07 Å². The van der Waals surface area contributed by atoms with Gasteiger partial charge in [0.2, 0.25) is 11.8 Å². The minimum Gasteiger partial charge on any atom is -0.355 e. The number of aryl methyl sites for hydroxylation is 2. The van der Waals surface area contributed by atoms with E-state index in [0.29, 0.717) is 42.5 Å². The molecule has 8 nitrogen and oxygen atoms in total. The average molecular weight is 523 g/mol. The molecule has 4 rings (SSSR count). The smallest absolute Gasteiger partial charge is 0.260 e. The van der Waals surface area contributed by atoms with E-state index in [9.17, 15) is 19.2 Å².